The predicted octanol–water partition coefficient (Wildman–Crippen LogP) is 6.10. The fourth-order valence-electron chi connectivity index (χ4n) is 3.65. The number of Topliss-reactive ketones (excluding diaryl/α,β-unsaturated/α-hetero) is 1. The van der Waals surface area contributed by atoms with Gasteiger partial charge in [0.1, 0.15) is 5.75 Å². The lowest BCUT2D eigenvalue weighted by Gasteiger charge is -2.14. The Morgan fingerprint density at radius 3 is 2.16 bits per heavy atom. The minimum atomic E-state index is -0.918. The average Bonchev–Trinajstić information content (AvgIpc) is 2.81. The number of benzene rings is 3. The van der Waals surface area contributed by atoms with Crippen LogP contribution in [0.1, 0.15) is 50.8 Å². The third-order valence-corrected chi connectivity index (χ3v) is 5.55. The Hall–Kier alpha value is -3.66. The fourth-order valence-corrected chi connectivity index (χ4v) is 3.65. The van der Waals surface area contributed by atoms with Crippen LogP contribution in [-0.2, 0) is 12.8 Å². The molecular weight excluding hydrogens is 400 g/mol. The lowest BCUT2D eigenvalue weighted by Crippen LogP contribution is -2.05. The summed E-state index contributed by atoms with van der Waals surface area (Å²) in [6.45, 7) is 1.57. The molecule has 32 heavy (non-hydrogen) atoms. The Bertz CT molecular complexity index is 1080. The van der Waals surface area contributed by atoms with E-state index in [2.05, 4.69) is 12.2 Å². The van der Waals surface area contributed by atoms with E-state index in [0.717, 1.165) is 41.7 Å². The Balaban J connectivity index is 1.77. The van der Waals surface area contributed by atoms with Gasteiger partial charge >= 0.3 is 5.97 Å². The average molecular weight is 429 g/mol. The van der Waals surface area contributed by atoms with Gasteiger partial charge in [0.15, 0.2) is 5.78 Å². The minimum absolute atomic E-state index is 0.0685. The molecule has 0 aromatic heterocycles. The number of carbonyl (C=O) groups excluding carboxylic acids is 1. The molecule has 3 rings (SSSR count). The van der Waals surface area contributed by atoms with Crippen molar-refractivity contribution < 1.29 is 19.4 Å². The standard InChI is InChI=1S/C28H28O4/c1-20(29)24-14-9-21(10-15-24)7-8-22(11-16-25-5-3-4-6-27(25)32-2)19-23-12-17-26(18-13-23)28(30)31/h3-6,9-18,22H,7-8,19H2,1-2H3,(H,30,31)/b16-11+. The summed E-state index contributed by atoms with van der Waals surface area (Å²) in [5.74, 6) is 0.230. The summed E-state index contributed by atoms with van der Waals surface area (Å²) in [6.07, 6.45) is 6.90. The van der Waals surface area contributed by atoms with Crippen LogP contribution in [0.3, 0.4) is 0 Å². The van der Waals surface area contributed by atoms with Gasteiger partial charge in [0.25, 0.3) is 0 Å². The first kappa shape index (κ1) is 23.0. The van der Waals surface area contributed by atoms with Gasteiger partial charge < -0.3 is 9.84 Å². The zero-order valence-electron chi connectivity index (χ0n) is 18.5. The molecule has 3 aromatic carbocycles. The quantitative estimate of drug-likeness (QED) is 0.396. The van der Waals surface area contributed by atoms with Crippen molar-refractivity contribution in [2.75, 3.05) is 7.11 Å². The molecule has 0 spiro atoms. The highest BCUT2D eigenvalue weighted by Crippen LogP contribution is 2.23. The summed E-state index contributed by atoms with van der Waals surface area (Å²) < 4.78 is 5.46. The van der Waals surface area contributed by atoms with Gasteiger partial charge in [-0.1, -0.05) is 66.7 Å². The lowest BCUT2D eigenvalue weighted by molar-refractivity contribution is 0.0696. The van der Waals surface area contributed by atoms with E-state index in [0.29, 0.717) is 5.56 Å². The number of allylic oxidation sites excluding steroid dienone is 1. The monoisotopic (exact) mass is 428 g/mol. The number of aromatic carboxylic acids is 1. The molecule has 0 aliphatic rings. The summed E-state index contributed by atoms with van der Waals surface area (Å²) in [7, 11) is 1.67. The number of methoxy groups -OCH3 is 1. The van der Waals surface area contributed by atoms with Gasteiger partial charge in [-0.25, -0.2) is 4.79 Å². The van der Waals surface area contributed by atoms with Gasteiger partial charge in [-0.05, 0) is 61.4 Å². The number of carboxylic acids is 1. The highest BCUT2D eigenvalue weighted by molar-refractivity contribution is 5.94. The Morgan fingerprint density at radius 1 is 0.906 bits per heavy atom. The first-order valence-corrected chi connectivity index (χ1v) is 10.7. The lowest BCUT2D eigenvalue weighted by atomic mass is 9.91. The second kappa shape index (κ2) is 11.1. The van der Waals surface area contributed by atoms with Crippen molar-refractivity contribution in [3.63, 3.8) is 0 Å². The summed E-state index contributed by atoms with van der Waals surface area (Å²) in [5, 5.41) is 9.14. The van der Waals surface area contributed by atoms with Crippen LogP contribution >= 0.6 is 0 Å². The fraction of sp³-hybridized carbons (Fsp3) is 0.214. The van der Waals surface area contributed by atoms with E-state index < -0.39 is 5.97 Å². The van der Waals surface area contributed by atoms with Gasteiger partial charge in [-0.2, -0.15) is 0 Å². The van der Waals surface area contributed by atoms with Crippen molar-refractivity contribution in [3.05, 3.63) is 107 Å². The van der Waals surface area contributed by atoms with Crippen molar-refractivity contribution in [2.45, 2.75) is 26.2 Å². The van der Waals surface area contributed by atoms with Crippen LogP contribution in [-0.4, -0.2) is 24.0 Å². The molecule has 3 aromatic rings. The zero-order chi connectivity index (χ0) is 22.9. The molecule has 4 nitrogen and oxygen atoms in total. The van der Waals surface area contributed by atoms with Crippen molar-refractivity contribution in [3.8, 4) is 5.75 Å². The Morgan fingerprint density at radius 2 is 1.53 bits per heavy atom. The largest absolute Gasteiger partial charge is 0.496 e. The van der Waals surface area contributed by atoms with Crippen LogP contribution < -0.4 is 4.74 Å². The van der Waals surface area contributed by atoms with E-state index in [1.165, 1.54) is 5.56 Å². The molecule has 0 saturated carbocycles. The third-order valence-electron chi connectivity index (χ3n) is 5.55. The van der Waals surface area contributed by atoms with Gasteiger partial charge in [0.05, 0.1) is 12.7 Å². The molecule has 4 heteroatoms. The molecule has 1 N–H and O–H groups in total. The number of carbonyl (C=O) groups is 2. The van der Waals surface area contributed by atoms with E-state index in [1.807, 2.05) is 60.7 Å². The third kappa shape index (κ3) is 6.42. The van der Waals surface area contributed by atoms with Crippen LogP contribution in [0.4, 0.5) is 0 Å². The van der Waals surface area contributed by atoms with E-state index >= 15 is 0 Å². The summed E-state index contributed by atoms with van der Waals surface area (Å²) >= 11 is 0. The van der Waals surface area contributed by atoms with E-state index in [4.69, 9.17) is 9.84 Å². The number of ether oxygens (including phenoxy) is 1. The number of rotatable bonds is 10. The molecule has 1 unspecified atom stereocenters. The molecular formula is C28H28O4. The smallest absolute Gasteiger partial charge is 0.335 e. The highest BCUT2D eigenvalue weighted by Gasteiger charge is 2.10. The van der Waals surface area contributed by atoms with Crippen molar-refractivity contribution >= 4 is 17.8 Å². The second-order valence-electron chi connectivity index (χ2n) is 7.86. The topological polar surface area (TPSA) is 63.6 Å². The molecule has 0 bridgehead atoms. The molecule has 0 amide bonds. The zero-order valence-corrected chi connectivity index (χ0v) is 18.5. The molecule has 0 aliphatic heterocycles. The van der Waals surface area contributed by atoms with Crippen LogP contribution in [0, 0.1) is 5.92 Å². The minimum Gasteiger partial charge on any atom is -0.496 e. The van der Waals surface area contributed by atoms with Gasteiger partial charge in [0, 0.05) is 11.1 Å². The Kier molecular flexibility index (Phi) is 7.98. The van der Waals surface area contributed by atoms with Gasteiger partial charge in [0.2, 0.25) is 0 Å². The number of hydrogen-bond donors (Lipinski definition) is 1. The first-order valence-electron chi connectivity index (χ1n) is 10.7. The van der Waals surface area contributed by atoms with Crippen molar-refractivity contribution in [2.24, 2.45) is 5.92 Å². The van der Waals surface area contributed by atoms with Crippen molar-refractivity contribution in [1.82, 2.24) is 0 Å². The molecule has 0 fully saturated rings. The molecule has 0 aliphatic carbocycles. The second-order valence-corrected chi connectivity index (χ2v) is 7.86. The van der Waals surface area contributed by atoms with E-state index in [9.17, 15) is 9.59 Å². The molecule has 164 valence electrons. The first-order chi connectivity index (χ1) is 15.5. The number of carboxylic acid groups (broad SMARTS) is 1. The summed E-state index contributed by atoms with van der Waals surface area (Å²) in [6, 6.07) is 22.7. The molecule has 1 atom stereocenters. The highest BCUT2D eigenvalue weighted by atomic mass is 16.5. The number of ketones is 1. The number of aryl methyl sites for hydroxylation is 1. The Labute approximate surface area is 189 Å². The van der Waals surface area contributed by atoms with Gasteiger partial charge in [-0.3, -0.25) is 4.79 Å². The number of hydrogen-bond acceptors (Lipinski definition) is 3. The predicted molar refractivity (Wildman–Crippen MR) is 127 cm³/mol. The maximum absolute atomic E-state index is 11.5. The maximum atomic E-state index is 11.5. The molecule has 0 heterocycles. The van der Waals surface area contributed by atoms with Gasteiger partial charge in [-0.15, -0.1) is 0 Å². The SMILES string of the molecule is COc1ccccc1/C=C/C(CCc1ccc(C(C)=O)cc1)Cc1ccc(C(=O)O)cc1. The molecule has 0 saturated heterocycles. The molecule has 0 radical (unpaired) electrons. The maximum Gasteiger partial charge on any atom is 0.335 e. The van der Waals surface area contributed by atoms with Crippen molar-refractivity contribution in [1.29, 1.82) is 0 Å². The summed E-state index contributed by atoms with van der Waals surface area (Å²) in [5.41, 5.74) is 4.32. The van der Waals surface area contributed by atoms with Crippen LogP contribution in [0.15, 0.2) is 78.9 Å². The van der Waals surface area contributed by atoms with Crippen LogP contribution in [0.5, 0.6) is 5.75 Å². The van der Waals surface area contributed by atoms with Crippen LogP contribution in [0.2, 0.25) is 0 Å². The van der Waals surface area contributed by atoms with Crippen LogP contribution in [0.25, 0.3) is 6.08 Å². The van der Waals surface area contributed by atoms with E-state index in [1.54, 1.807) is 26.2 Å². The summed E-state index contributed by atoms with van der Waals surface area (Å²) in [4.78, 5) is 22.6. The number of para-hydroxylation sites is 1. The van der Waals surface area contributed by atoms with E-state index in [-0.39, 0.29) is 11.7 Å². The normalized spacial score (nSPS) is 11.9.